The van der Waals surface area contributed by atoms with E-state index in [0.717, 1.165) is 32.0 Å². The van der Waals surface area contributed by atoms with Crippen LogP contribution in [-0.4, -0.2) is 19.0 Å². The van der Waals surface area contributed by atoms with Crippen molar-refractivity contribution < 1.29 is 13.6 Å². The predicted molar refractivity (Wildman–Crippen MR) is 70.2 cm³/mol. The summed E-state index contributed by atoms with van der Waals surface area (Å²) < 4.78 is 26.4. The lowest BCUT2D eigenvalue weighted by Gasteiger charge is -2.22. The van der Waals surface area contributed by atoms with Crippen LogP contribution in [0.1, 0.15) is 19.3 Å². The zero-order valence-corrected chi connectivity index (χ0v) is 11.1. The Morgan fingerprint density at radius 3 is 2.68 bits per heavy atom. The Bertz CT molecular complexity index is 453. The van der Waals surface area contributed by atoms with E-state index in [1.807, 2.05) is 0 Å². The third-order valence-electron chi connectivity index (χ3n) is 3.20. The van der Waals surface area contributed by atoms with Gasteiger partial charge in [0, 0.05) is 12.5 Å². The summed E-state index contributed by atoms with van der Waals surface area (Å²) in [6, 6.07) is 1.68. The van der Waals surface area contributed by atoms with Crippen molar-refractivity contribution in [2.45, 2.75) is 19.3 Å². The molecule has 104 valence electrons. The Hall–Kier alpha value is -1.20. The standard InChI is InChI=1S/C13H15ClF2N2O/c14-10-6-9(15)7-11(16)13(10)18-12(19)5-8-1-3-17-4-2-8/h6-8,17H,1-5H2,(H,18,19). The number of rotatable bonds is 3. The van der Waals surface area contributed by atoms with Gasteiger partial charge in [0.2, 0.25) is 5.91 Å². The summed E-state index contributed by atoms with van der Waals surface area (Å²) in [6.07, 6.45) is 2.18. The van der Waals surface area contributed by atoms with Crippen molar-refractivity contribution in [2.24, 2.45) is 5.92 Å². The number of carbonyl (C=O) groups excluding carboxylic acids is 1. The van der Waals surface area contributed by atoms with Crippen LogP contribution in [0, 0.1) is 17.6 Å². The van der Waals surface area contributed by atoms with Crippen LogP contribution in [0.25, 0.3) is 0 Å². The number of hydrogen-bond acceptors (Lipinski definition) is 2. The molecule has 1 aromatic carbocycles. The van der Waals surface area contributed by atoms with Crippen LogP contribution < -0.4 is 10.6 Å². The van der Waals surface area contributed by atoms with Crippen LogP contribution in [0.2, 0.25) is 5.02 Å². The van der Waals surface area contributed by atoms with Crippen molar-refractivity contribution in [3.8, 4) is 0 Å². The highest BCUT2D eigenvalue weighted by Crippen LogP contribution is 2.27. The van der Waals surface area contributed by atoms with E-state index in [9.17, 15) is 13.6 Å². The monoisotopic (exact) mass is 288 g/mol. The molecule has 1 aliphatic heterocycles. The van der Waals surface area contributed by atoms with Gasteiger partial charge < -0.3 is 10.6 Å². The Labute approximate surface area is 115 Å². The summed E-state index contributed by atoms with van der Waals surface area (Å²) in [5, 5.41) is 5.50. The SMILES string of the molecule is O=C(CC1CCNCC1)Nc1c(F)cc(F)cc1Cl. The zero-order valence-electron chi connectivity index (χ0n) is 10.3. The molecule has 3 nitrogen and oxygen atoms in total. The number of piperidine rings is 1. The molecule has 1 heterocycles. The maximum atomic E-state index is 13.5. The van der Waals surface area contributed by atoms with Crippen molar-refractivity contribution in [3.05, 3.63) is 28.8 Å². The Kier molecular flexibility index (Phi) is 4.71. The highest BCUT2D eigenvalue weighted by molar-refractivity contribution is 6.33. The molecule has 0 saturated carbocycles. The molecule has 2 N–H and O–H groups in total. The maximum Gasteiger partial charge on any atom is 0.224 e. The van der Waals surface area contributed by atoms with Crippen molar-refractivity contribution in [2.75, 3.05) is 18.4 Å². The van der Waals surface area contributed by atoms with Crippen molar-refractivity contribution in [3.63, 3.8) is 0 Å². The molecule has 0 atom stereocenters. The van der Waals surface area contributed by atoms with E-state index in [2.05, 4.69) is 10.6 Å². The molecule has 19 heavy (non-hydrogen) atoms. The van der Waals surface area contributed by atoms with Gasteiger partial charge in [-0.05, 0) is 37.9 Å². The maximum absolute atomic E-state index is 13.5. The first-order valence-electron chi connectivity index (χ1n) is 6.21. The topological polar surface area (TPSA) is 41.1 Å². The lowest BCUT2D eigenvalue weighted by Crippen LogP contribution is -2.30. The molecule has 1 aromatic rings. The van der Waals surface area contributed by atoms with Gasteiger partial charge in [0.1, 0.15) is 5.82 Å². The van der Waals surface area contributed by atoms with Gasteiger partial charge >= 0.3 is 0 Å². The fourth-order valence-electron chi connectivity index (χ4n) is 2.20. The Morgan fingerprint density at radius 2 is 2.05 bits per heavy atom. The van der Waals surface area contributed by atoms with Crippen LogP contribution in [0.4, 0.5) is 14.5 Å². The van der Waals surface area contributed by atoms with E-state index >= 15 is 0 Å². The lowest BCUT2D eigenvalue weighted by atomic mass is 9.94. The third-order valence-corrected chi connectivity index (χ3v) is 3.50. The van der Waals surface area contributed by atoms with Crippen LogP contribution in [0.15, 0.2) is 12.1 Å². The molecule has 0 aromatic heterocycles. The van der Waals surface area contributed by atoms with Gasteiger partial charge in [-0.15, -0.1) is 0 Å². The number of anilines is 1. The molecular weight excluding hydrogens is 274 g/mol. The Morgan fingerprint density at radius 1 is 1.37 bits per heavy atom. The van der Waals surface area contributed by atoms with Crippen LogP contribution in [-0.2, 0) is 4.79 Å². The molecule has 2 rings (SSSR count). The van der Waals surface area contributed by atoms with Crippen LogP contribution >= 0.6 is 11.6 Å². The first-order chi connectivity index (χ1) is 9.06. The van der Waals surface area contributed by atoms with Gasteiger partial charge in [0.25, 0.3) is 0 Å². The number of carbonyl (C=O) groups is 1. The number of halogens is 3. The fourth-order valence-corrected chi connectivity index (χ4v) is 2.44. The minimum Gasteiger partial charge on any atom is -0.322 e. The van der Waals surface area contributed by atoms with Crippen LogP contribution in [0.5, 0.6) is 0 Å². The van der Waals surface area contributed by atoms with E-state index in [4.69, 9.17) is 11.6 Å². The summed E-state index contributed by atoms with van der Waals surface area (Å²) in [6.45, 7) is 1.78. The second-order valence-electron chi connectivity index (χ2n) is 4.69. The van der Waals surface area contributed by atoms with E-state index < -0.39 is 11.6 Å². The first kappa shape index (κ1) is 14.2. The normalized spacial score (nSPS) is 16.4. The molecule has 0 aliphatic carbocycles. The summed E-state index contributed by atoms with van der Waals surface area (Å²) in [7, 11) is 0. The van der Waals surface area contributed by atoms with E-state index in [1.54, 1.807) is 0 Å². The van der Waals surface area contributed by atoms with Crippen molar-refractivity contribution >= 4 is 23.2 Å². The molecular formula is C13H15ClF2N2O. The first-order valence-corrected chi connectivity index (χ1v) is 6.59. The molecule has 1 fully saturated rings. The summed E-state index contributed by atoms with van der Waals surface area (Å²) in [4.78, 5) is 11.8. The average molecular weight is 289 g/mol. The third kappa shape index (κ3) is 3.88. The van der Waals surface area contributed by atoms with Gasteiger partial charge in [0.05, 0.1) is 10.7 Å². The van der Waals surface area contributed by atoms with E-state index in [1.165, 1.54) is 0 Å². The largest absolute Gasteiger partial charge is 0.322 e. The molecule has 1 amide bonds. The fraction of sp³-hybridized carbons (Fsp3) is 0.462. The molecule has 0 unspecified atom stereocenters. The number of benzene rings is 1. The predicted octanol–water partition coefficient (Wildman–Crippen LogP) is 2.95. The number of hydrogen-bond donors (Lipinski definition) is 2. The second kappa shape index (κ2) is 6.30. The zero-order chi connectivity index (χ0) is 13.8. The van der Waals surface area contributed by atoms with Gasteiger partial charge in [-0.2, -0.15) is 0 Å². The van der Waals surface area contributed by atoms with Crippen LogP contribution in [0.3, 0.4) is 0 Å². The smallest absolute Gasteiger partial charge is 0.224 e. The van der Waals surface area contributed by atoms with Crippen molar-refractivity contribution in [1.29, 1.82) is 0 Å². The Balaban J connectivity index is 1.98. The lowest BCUT2D eigenvalue weighted by molar-refractivity contribution is -0.117. The number of amides is 1. The highest BCUT2D eigenvalue weighted by atomic mass is 35.5. The van der Waals surface area contributed by atoms with Gasteiger partial charge in [-0.3, -0.25) is 4.79 Å². The van der Waals surface area contributed by atoms with Gasteiger partial charge in [-0.1, -0.05) is 11.6 Å². The molecule has 0 radical (unpaired) electrons. The highest BCUT2D eigenvalue weighted by Gasteiger charge is 2.19. The summed E-state index contributed by atoms with van der Waals surface area (Å²) in [5.74, 6) is -1.62. The van der Waals surface area contributed by atoms with E-state index in [-0.39, 0.29) is 16.6 Å². The molecule has 6 heteroatoms. The molecule has 0 bridgehead atoms. The van der Waals surface area contributed by atoms with Crippen molar-refractivity contribution in [1.82, 2.24) is 5.32 Å². The second-order valence-corrected chi connectivity index (χ2v) is 5.10. The number of nitrogens with one attached hydrogen (secondary N) is 2. The average Bonchev–Trinajstić information content (AvgIpc) is 2.35. The quantitative estimate of drug-likeness (QED) is 0.898. The van der Waals surface area contributed by atoms with E-state index in [0.29, 0.717) is 18.4 Å². The summed E-state index contributed by atoms with van der Waals surface area (Å²) >= 11 is 5.72. The molecule has 0 spiro atoms. The minimum absolute atomic E-state index is 0.129. The summed E-state index contributed by atoms with van der Waals surface area (Å²) in [5.41, 5.74) is -0.151. The molecule has 1 saturated heterocycles. The van der Waals surface area contributed by atoms with Gasteiger partial charge in [0.15, 0.2) is 5.82 Å². The minimum atomic E-state index is -0.858. The van der Waals surface area contributed by atoms with Gasteiger partial charge in [-0.25, -0.2) is 8.78 Å². The molecule has 1 aliphatic rings.